The van der Waals surface area contributed by atoms with E-state index in [2.05, 4.69) is 5.32 Å². The van der Waals surface area contributed by atoms with Crippen LogP contribution in [0.2, 0.25) is 0 Å². The summed E-state index contributed by atoms with van der Waals surface area (Å²) >= 11 is 0. The first-order valence-electron chi connectivity index (χ1n) is 5.82. The first-order chi connectivity index (χ1) is 7.56. The molecule has 1 saturated carbocycles. The molecule has 3 N–H and O–H groups in total. The molecule has 0 bridgehead atoms. The third kappa shape index (κ3) is 3.20. The Morgan fingerprint density at radius 3 is 2.44 bits per heavy atom. The van der Waals surface area contributed by atoms with Gasteiger partial charge < -0.3 is 16.0 Å². The minimum Gasteiger partial charge on any atom is -0.368 e. The van der Waals surface area contributed by atoms with Gasteiger partial charge in [-0.25, -0.2) is 0 Å². The normalized spacial score (nSPS) is 18.4. The van der Waals surface area contributed by atoms with E-state index in [0.717, 1.165) is 25.7 Å². The molecular formula is C11H21N3O2. The van der Waals surface area contributed by atoms with Gasteiger partial charge in [-0.1, -0.05) is 12.8 Å². The maximum absolute atomic E-state index is 12.1. The summed E-state index contributed by atoms with van der Waals surface area (Å²) in [5, 5.41) is 2.90. The first kappa shape index (κ1) is 13.0. The van der Waals surface area contributed by atoms with Crippen molar-refractivity contribution < 1.29 is 9.59 Å². The molecule has 1 fully saturated rings. The van der Waals surface area contributed by atoms with Crippen molar-refractivity contribution in [3.05, 3.63) is 0 Å². The predicted octanol–water partition coefficient (Wildman–Crippen LogP) is -0.149. The first-order valence-corrected chi connectivity index (χ1v) is 5.82. The third-order valence-corrected chi connectivity index (χ3v) is 3.18. The molecule has 0 saturated heterocycles. The highest BCUT2D eigenvalue weighted by molar-refractivity contribution is 5.87. The van der Waals surface area contributed by atoms with Crippen LogP contribution in [0, 0.1) is 0 Å². The summed E-state index contributed by atoms with van der Waals surface area (Å²) in [6.07, 6.45) is 4.22. The van der Waals surface area contributed by atoms with E-state index < -0.39 is 5.91 Å². The third-order valence-electron chi connectivity index (χ3n) is 3.18. The Bertz CT molecular complexity index is 262. The largest absolute Gasteiger partial charge is 0.368 e. The Morgan fingerprint density at radius 2 is 2.00 bits per heavy atom. The molecule has 92 valence electrons. The van der Waals surface area contributed by atoms with Gasteiger partial charge in [0.15, 0.2) is 0 Å². The SMILES string of the molecule is CNC(C)C(=O)N(CC(N)=O)C1CCCC1. The Labute approximate surface area is 96.4 Å². The molecule has 5 heteroatoms. The molecule has 0 radical (unpaired) electrons. The molecule has 0 aromatic rings. The average molecular weight is 227 g/mol. The molecule has 2 amide bonds. The lowest BCUT2D eigenvalue weighted by Crippen LogP contribution is -2.50. The van der Waals surface area contributed by atoms with Crippen molar-refractivity contribution in [2.24, 2.45) is 5.73 Å². The number of rotatable bonds is 5. The maximum Gasteiger partial charge on any atom is 0.240 e. The molecule has 1 aliphatic carbocycles. The van der Waals surface area contributed by atoms with Gasteiger partial charge >= 0.3 is 0 Å². The van der Waals surface area contributed by atoms with Gasteiger partial charge in [0.2, 0.25) is 11.8 Å². The van der Waals surface area contributed by atoms with Crippen molar-refractivity contribution in [3.8, 4) is 0 Å². The monoisotopic (exact) mass is 227 g/mol. The molecule has 5 nitrogen and oxygen atoms in total. The molecule has 0 heterocycles. The summed E-state index contributed by atoms with van der Waals surface area (Å²) in [5.41, 5.74) is 5.19. The molecule has 0 aromatic heterocycles. The second kappa shape index (κ2) is 5.84. The predicted molar refractivity (Wildman–Crippen MR) is 61.7 cm³/mol. The Hall–Kier alpha value is -1.10. The van der Waals surface area contributed by atoms with E-state index in [4.69, 9.17) is 5.73 Å². The lowest BCUT2D eigenvalue weighted by atomic mass is 10.1. The summed E-state index contributed by atoms with van der Waals surface area (Å²) in [5.74, 6) is -0.475. The maximum atomic E-state index is 12.1. The summed E-state index contributed by atoms with van der Waals surface area (Å²) in [6.45, 7) is 1.83. The molecule has 1 unspecified atom stereocenters. The van der Waals surface area contributed by atoms with Crippen LogP contribution in [0.4, 0.5) is 0 Å². The van der Waals surface area contributed by atoms with Crippen molar-refractivity contribution in [1.82, 2.24) is 10.2 Å². The van der Waals surface area contributed by atoms with E-state index in [9.17, 15) is 9.59 Å². The zero-order valence-corrected chi connectivity index (χ0v) is 10.0. The van der Waals surface area contributed by atoms with Gasteiger partial charge in [-0.3, -0.25) is 9.59 Å². The summed E-state index contributed by atoms with van der Waals surface area (Å²) in [4.78, 5) is 24.7. The van der Waals surface area contributed by atoms with E-state index in [0.29, 0.717) is 0 Å². The number of likely N-dealkylation sites (N-methyl/N-ethyl adjacent to an activating group) is 1. The van der Waals surface area contributed by atoms with Crippen LogP contribution in [0.3, 0.4) is 0 Å². The van der Waals surface area contributed by atoms with E-state index in [1.165, 1.54) is 0 Å². The van der Waals surface area contributed by atoms with Crippen molar-refractivity contribution in [2.45, 2.75) is 44.7 Å². The van der Waals surface area contributed by atoms with Gasteiger partial charge in [0, 0.05) is 6.04 Å². The van der Waals surface area contributed by atoms with Crippen LogP contribution < -0.4 is 11.1 Å². The highest BCUT2D eigenvalue weighted by atomic mass is 16.2. The van der Waals surface area contributed by atoms with Gasteiger partial charge in [-0.05, 0) is 26.8 Å². The van der Waals surface area contributed by atoms with Gasteiger partial charge in [0.1, 0.15) is 0 Å². The number of carbonyl (C=O) groups is 2. The summed E-state index contributed by atoms with van der Waals surface area (Å²) < 4.78 is 0. The van der Waals surface area contributed by atoms with Crippen molar-refractivity contribution >= 4 is 11.8 Å². The second-order valence-electron chi connectivity index (χ2n) is 4.38. The molecule has 1 rings (SSSR count). The van der Waals surface area contributed by atoms with Gasteiger partial charge in [0.25, 0.3) is 0 Å². The van der Waals surface area contributed by atoms with Crippen molar-refractivity contribution in [3.63, 3.8) is 0 Å². The minimum absolute atomic E-state index is 0.0341. The highest BCUT2D eigenvalue weighted by Gasteiger charge is 2.29. The fraction of sp³-hybridized carbons (Fsp3) is 0.818. The molecule has 0 spiro atoms. The van der Waals surface area contributed by atoms with Crippen LogP contribution in [-0.4, -0.2) is 42.4 Å². The van der Waals surface area contributed by atoms with E-state index in [1.54, 1.807) is 18.9 Å². The van der Waals surface area contributed by atoms with Crippen LogP contribution in [0.1, 0.15) is 32.6 Å². The minimum atomic E-state index is -0.441. The Kier molecular flexibility index (Phi) is 4.73. The van der Waals surface area contributed by atoms with E-state index in [-0.39, 0.29) is 24.5 Å². The number of nitrogens with one attached hydrogen (secondary N) is 1. The molecule has 0 aliphatic heterocycles. The number of hydrogen-bond acceptors (Lipinski definition) is 3. The van der Waals surface area contributed by atoms with Crippen molar-refractivity contribution in [2.75, 3.05) is 13.6 Å². The second-order valence-corrected chi connectivity index (χ2v) is 4.38. The molecule has 1 atom stereocenters. The fourth-order valence-corrected chi connectivity index (χ4v) is 2.14. The fourth-order valence-electron chi connectivity index (χ4n) is 2.14. The van der Waals surface area contributed by atoms with Crippen LogP contribution in [0.5, 0.6) is 0 Å². The number of amides is 2. The van der Waals surface area contributed by atoms with Crippen LogP contribution >= 0.6 is 0 Å². The van der Waals surface area contributed by atoms with Crippen LogP contribution in [0.25, 0.3) is 0 Å². The zero-order valence-electron chi connectivity index (χ0n) is 10.0. The van der Waals surface area contributed by atoms with E-state index >= 15 is 0 Å². The number of nitrogens with two attached hydrogens (primary N) is 1. The van der Waals surface area contributed by atoms with Gasteiger partial charge in [-0.15, -0.1) is 0 Å². The lowest BCUT2D eigenvalue weighted by molar-refractivity contribution is -0.138. The smallest absolute Gasteiger partial charge is 0.240 e. The zero-order chi connectivity index (χ0) is 12.1. The van der Waals surface area contributed by atoms with Crippen LogP contribution in [-0.2, 0) is 9.59 Å². The molecule has 16 heavy (non-hydrogen) atoms. The Balaban J connectivity index is 2.69. The quantitative estimate of drug-likeness (QED) is 0.686. The number of hydrogen-bond donors (Lipinski definition) is 2. The number of carbonyl (C=O) groups excluding carboxylic acids is 2. The number of nitrogens with zero attached hydrogens (tertiary/aromatic N) is 1. The highest BCUT2D eigenvalue weighted by Crippen LogP contribution is 2.23. The lowest BCUT2D eigenvalue weighted by Gasteiger charge is -2.30. The summed E-state index contributed by atoms with van der Waals surface area (Å²) in [7, 11) is 1.74. The standard InChI is InChI=1S/C11H21N3O2/c1-8(13-2)11(16)14(7-10(12)15)9-5-3-4-6-9/h8-9,13H,3-7H2,1-2H3,(H2,12,15). The topological polar surface area (TPSA) is 75.4 Å². The van der Waals surface area contributed by atoms with Gasteiger partial charge in [-0.2, -0.15) is 0 Å². The summed E-state index contributed by atoms with van der Waals surface area (Å²) in [6, 6.07) is -0.0734. The molecule has 0 aromatic carbocycles. The molecular weight excluding hydrogens is 206 g/mol. The molecule has 1 aliphatic rings. The number of primary amides is 1. The van der Waals surface area contributed by atoms with E-state index in [1.807, 2.05) is 0 Å². The average Bonchev–Trinajstić information content (AvgIpc) is 2.76. The van der Waals surface area contributed by atoms with Gasteiger partial charge in [0.05, 0.1) is 12.6 Å². The van der Waals surface area contributed by atoms with Crippen LogP contribution in [0.15, 0.2) is 0 Å². The Morgan fingerprint density at radius 1 is 1.44 bits per heavy atom. The van der Waals surface area contributed by atoms with Crippen molar-refractivity contribution in [1.29, 1.82) is 0 Å².